The van der Waals surface area contributed by atoms with Gasteiger partial charge in [-0.2, -0.15) is 10.1 Å². The van der Waals surface area contributed by atoms with Gasteiger partial charge in [0.05, 0.1) is 18.4 Å². The summed E-state index contributed by atoms with van der Waals surface area (Å²) < 4.78 is 27.3. The van der Waals surface area contributed by atoms with Gasteiger partial charge < -0.3 is 9.84 Å². The van der Waals surface area contributed by atoms with E-state index in [9.17, 15) is 19.1 Å². The van der Waals surface area contributed by atoms with Gasteiger partial charge in [0.1, 0.15) is 18.1 Å². The highest BCUT2D eigenvalue weighted by Gasteiger charge is 2.30. The Morgan fingerprint density at radius 3 is 2.46 bits per heavy atom. The first kappa shape index (κ1) is 31.6. The van der Waals surface area contributed by atoms with Gasteiger partial charge in [-0.1, -0.05) is 67.0 Å². The molecule has 1 fully saturated rings. The Labute approximate surface area is 265 Å². The van der Waals surface area contributed by atoms with E-state index in [0.29, 0.717) is 61.5 Å². The second-order valence-electron chi connectivity index (χ2n) is 12.5. The van der Waals surface area contributed by atoms with E-state index in [2.05, 4.69) is 17.1 Å². The van der Waals surface area contributed by atoms with Crippen molar-refractivity contribution in [3.8, 4) is 22.5 Å². The molecule has 2 N–H and O–H groups in total. The average Bonchev–Trinajstić information content (AvgIpc) is 3.67. The number of aliphatic hydroxyl groups is 1. The number of fused-ring (bicyclic) bond motifs is 1. The second-order valence-corrected chi connectivity index (χ2v) is 12.5. The van der Waals surface area contributed by atoms with Gasteiger partial charge in [-0.25, -0.2) is 13.7 Å². The van der Waals surface area contributed by atoms with Crippen LogP contribution in [0, 0.1) is 6.92 Å². The van der Waals surface area contributed by atoms with Crippen molar-refractivity contribution < 1.29 is 18.8 Å². The van der Waals surface area contributed by atoms with E-state index < -0.39 is 18.0 Å². The molecule has 5 aromatic rings. The van der Waals surface area contributed by atoms with Crippen LogP contribution in [0.4, 0.5) is 4.39 Å². The van der Waals surface area contributed by atoms with Crippen molar-refractivity contribution in [3.05, 3.63) is 92.1 Å². The summed E-state index contributed by atoms with van der Waals surface area (Å²) in [5.74, 6) is 0.900. The molecular formula is C34H39FN6O5. The van der Waals surface area contributed by atoms with E-state index in [1.165, 1.54) is 6.92 Å². The van der Waals surface area contributed by atoms with Crippen LogP contribution in [-0.4, -0.2) is 59.4 Å². The number of aromatic nitrogens is 6. The van der Waals surface area contributed by atoms with Gasteiger partial charge in [-0.05, 0) is 62.6 Å². The zero-order valence-corrected chi connectivity index (χ0v) is 26.3. The summed E-state index contributed by atoms with van der Waals surface area (Å²) >= 11 is 0. The number of nitrogens with one attached hydrogen (secondary N) is 1. The molecule has 1 saturated carbocycles. The Kier molecular flexibility index (Phi) is 9.01. The van der Waals surface area contributed by atoms with E-state index >= 15 is 0 Å². The molecule has 0 amide bonds. The summed E-state index contributed by atoms with van der Waals surface area (Å²) in [4.78, 5) is 33.3. The summed E-state index contributed by atoms with van der Waals surface area (Å²) in [7, 11) is 0. The maximum atomic E-state index is 14.4. The minimum Gasteiger partial charge on any atom is -0.385 e. The number of aryl methyl sites for hydroxylation is 2. The molecule has 0 bridgehead atoms. The van der Waals surface area contributed by atoms with Crippen LogP contribution >= 0.6 is 0 Å². The van der Waals surface area contributed by atoms with Crippen molar-refractivity contribution in [1.82, 2.24) is 29.3 Å². The molecule has 6 rings (SSSR count). The van der Waals surface area contributed by atoms with Crippen LogP contribution in [0.5, 0.6) is 0 Å². The number of aromatic amines is 1. The van der Waals surface area contributed by atoms with Crippen molar-refractivity contribution in [1.29, 1.82) is 0 Å². The van der Waals surface area contributed by atoms with Crippen LogP contribution in [0.25, 0.3) is 28.3 Å². The molecular weight excluding hydrogens is 591 g/mol. The molecule has 0 radical (unpaired) electrons. The summed E-state index contributed by atoms with van der Waals surface area (Å²) in [5.41, 5.74) is 3.56. The molecule has 1 unspecified atom stereocenters. The monoisotopic (exact) mass is 630 g/mol. The van der Waals surface area contributed by atoms with Crippen LogP contribution in [0.2, 0.25) is 0 Å². The zero-order valence-electron chi connectivity index (χ0n) is 26.3. The van der Waals surface area contributed by atoms with E-state index in [1.54, 1.807) is 0 Å². The smallest absolute Gasteiger partial charge is 0.385 e. The number of nitrogens with zero attached hydrogens (tertiary/aromatic N) is 5. The standard InChI is InChI=1S/C34H39FN6O5/c1-4-7-29-28(18-22-10-12-23(13-11-22)26-8-5-6-9-27(26)30-37-33(43)46-39-30)31(42)40(32-36-21(2)38-41(29)32)24-14-16-25(17-15-24)45-20-34(3,44)19-35/h5-6,8-13,24-25,44H,4,7,14-20H2,1-3H3,(H,37,39,43). The number of hydrogen-bond donors (Lipinski definition) is 2. The number of rotatable bonds is 11. The normalized spacial score (nSPS) is 18.2. The van der Waals surface area contributed by atoms with Crippen molar-refractivity contribution in [2.75, 3.05) is 13.3 Å². The molecule has 11 nitrogen and oxygen atoms in total. The van der Waals surface area contributed by atoms with Gasteiger partial charge in [0, 0.05) is 23.6 Å². The SMILES string of the molecule is CCCc1c(Cc2ccc(-c3ccccc3-c3noc(=O)[nH]3)cc2)c(=O)n(C2CCC(OCC(C)(O)CF)CC2)c2nc(C)nn12. The summed E-state index contributed by atoms with van der Waals surface area (Å²) in [6, 6.07) is 15.6. The Bertz CT molecular complexity index is 1930. The van der Waals surface area contributed by atoms with Crippen LogP contribution in [0.1, 0.15) is 74.6 Å². The highest BCUT2D eigenvalue weighted by atomic mass is 19.1. The Hall–Kier alpha value is -4.42. The van der Waals surface area contributed by atoms with Gasteiger partial charge in [-0.15, -0.1) is 0 Å². The molecule has 1 atom stereocenters. The predicted octanol–water partition coefficient (Wildman–Crippen LogP) is 4.97. The van der Waals surface area contributed by atoms with Crippen LogP contribution < -0.4 is 11.3 Å². The Morgan fingerprint density at radius 2 is 1.80 bits per heavy atom. The topological polar surface area (TPSA) is 141 Å². The fraction of sp³-hybridized carbons (Fsp3) is 0.441. The van der Waals surface area contributed by atoms with Crippen molar-refractivity contribution in [2.24, 2.45) is 0 Å². The van der Waals surface area contributed by atoms with Gasteiger partial charge in [0.25, 0.3) is 5.56 Å². The fourth-order valence-electron chi connectivity index (χ4n) is 6.33. The van der Waals surface area contributed by atoms with E-state index in [-0.39, 0.29) is 24.3 Å². The molecule has 3 aromatic heterocycles. The Morgan fingerprint density at radius 1 is 1.09 bits per heavy atom. The Balaban J connectivity index is 1.31. The van der Waals surface area contributed by atoms with Crippen molar-refractivity contribution >= 4 is 5.78 Å². The number of ether oxygens (including phenoxy) is 1. The molecule has 1 aliphatic carbocycles. The van der Waals surface area contributed by atoms with Gasteiger partial charge in [0.2, 0.25) is 5.78 Å². The number of hydrogen-bond acceptors (Lipinski definition) is 8. The minimum absolute atomic E-state index is 0.0579. The third kappa shape index (κ3) is 6.45. The molecule has 0 aliphatic heterocycles. The lowest BCUT2D eigenvalue weighted by atomic mass is 9.92. The fourth-order valence-corrected chi connectivity index (χ4v) is 6.33. The predicted molar refractivity (Wildman–Crippen MR) is 171 cm³/mol. The maximum absolute atomic E-state index is 14.4. The van der Waals surface area contributed by atoms with Gasteiger partial charge in [-0.3, -0.25) is 18.9 Å². The minimum atomic E-state index is -1.50. The second kappa shape index (κ2) is 13.1. The summed E-state index contributed by atoms with van der Waals surface area (Å²) in [6.07, 6.45) is 4.62. The molecule has 0 spiro atoms. The first-order valence-electron chi connectivity index (χ1n) is 15.8. The third-order valence-electron chi connectivity index (χ3n) is 8.67. The quantitative estimate of drug-likeness (QED) is 0.208. The molecule has 3 heterocycles. The molecule has 12 heteroatoms. The summed E-state index contributed by atoms with van der Waals surface area (Å²) in [6.45, 7) is 4.42. The van der Waals surface area contributed by atoms with E-state index in [1.807, 2.05) is 64.5 Å². The van der Waals surface area contributed by atoms with Crippen molar-refractivity contribution in [3.63, 3.8) is 0 Å². The van der Waals surface area contributed by atoms with Crippen LogP contribution in [-0.2, 0) is 17.6 Å². The van der Waals surface area contributed by atoms with Crippen LogP contribution in [0.15, 0.2) is 62.6 Å². The van der Waals surface area contributed by atoms with Crippen molar-refractivity contribution in [2.45, 2.75) is 83.5 Å². The third-order valence-corrected chi connectivity index (χ3v) is 8.67. The lowest BCUT2D eigenvalue weighted by Crippen LogP contribution is -2.38. The number of alkyl halides is 1. The maximum Gasteiger partial charge on any atom is 0.439 e. The first-order valence-corrected chi connectivity index (χ1v) is 15.8. The van der Waals surface area contributed by atoms with Gasteiger partial charge >= 0.3 is 5.76 Å². The van der Waals surface area contributed by atoms with Gasteiger partial charge in [0.15, 0.2) is 5.82 Å². The van der Waals surface area contributed by atoms with E-state index in [0.717, 1.165) is 34.4 Å². The number of benzene rings is 2. The highest BCUT2D eigenvalue weighted by molar-refractivity contribution is 5.80. The molecule has 1 aliphatic rings. The number of H-pyrrole nitrogens is 1. The summed E-state index contributed by atoms with van der Waals surface area (Å²) in [5, 5.41) is 18.6. The largest absolute Gasteiger partial charge is 0.439 e. The lowest BCUT2D eigenvalue weighted by Gasteiger charge is -2.32. The molecule has 46 heavy (non-hydrogen) atoms. The van der Waals surface area contributed by atoms with E-state index in [4.69, 9.17) is 19.3 Å². The first-order chi connectivity index (χ1) is 22.2. The number of halogens is 1. The van der Waals surface area contributed by atoms with Crippen LogP contribution in [0.3, 0.4) is 0 Å². The molecule has 0 saturated heterocycles. The zero-order chi connectivity index (χ0) is 32.4. The molecule has 2 aromatic carbocycles. The molecule has 242 valence electrons. The lowest BCUT2D eigenvalue weighted by molar-refractivity contribution is -0.0830. The highest BCUT2D eigenvalue weighted by Crippen LogP contribution is 2.33. The average molecular weight is 631 g/mol.